The summed E-state index contributed by atoms with van der Waals surface area (Å²) in [5.41, 5.74) is -0.174. The highest BCUT2D eigenvalue weighted by atomic mass is 19.4. The summed E-state index contributed by atoms with van der Waals surface area (Å²) < 4.78 is 102. The first-order chi connectivity index (χ1) is 16.6. The van der Waals surface area contributed by atoms with Crippen molar-refractivity contribution >= 4 is 23.2 Å². The van der Waals surface area contributed by atoms with Gasteiger partial charge < -0.3 is 19.7 Å². The second kappa shape index (κ2) is 9.86. The number of ether oxygens (including phenoxy) is 2. The Balaban J connectivity index is 1.90. The molecule has 0 aliphatic carbocycles. The number of halogens is 7. The Hall–Kier alpha value is -3.51. The molecule has 0 aromatic heterocycles. The van der Waals surface area contributed by atoms with E-state index in [4.69, 9.17) is 4.74 Å². The number of anilines is 2. The van der Waals surface area contributed by atoms with Crippen molar-refractivity contribution in [1.29, 1.82) is 0 Å². The number of fused-ring (bicyclic) bond motifs is 1. The average Bonchev–Trinajstić information content (AvgIpc) is 2.74. The first kappa shape index (κ1) is 27.1. The largest absolute Gasteiger partial charge is 0.573 e. The number of nitrogens with one attached hydrogen (secondary N) is 1. The third-order valence-electron chi connectivity index (χ3n) is 5.22. The number of carbonyl (C=O) groups is 2. The van der Waals surface area contributed by atoms with E-state index in [9.17, 15) is 35.9 Å². The SMILES string of the molecule is Cc1cc2c(c(F)c1NC(=O)CCC(C)(F)F)OC(C)C(=O)N2Cc1ccc(OC(F)(F)F)c(F)c1. The van der Waals surface area contributed by atoms with Gasteiger partial charge in [-0.3, -0.25) is 9.59 Å². The van der Waals surface area contributed by atoms with E-state index in [0.717, 1.165) is 23.1 Å². The van der Waals surface area contributed by atoms with Gasteiger partial charge in [-0.2, -0.15) is 0 Å². The number of alkyl halides is 5. The minimum atomic E-state index is -5.10. The molecule has 2 aromatic rings. The van der Waals surface area contributed by atoms with E-state index in [-0.39, 0.29) is 29.0 Å². The molecule has 13 heteroatoms. The number of hydrogen-bond donors (Lipinski definition) is 1. The van der Waals surface area contributed by atoms with Crippen LogP contribution in [0, 0.1) is 18.6 Å². The van der Waals surface area contributed by atoms with Crippen LogP contribution >= 0.6 is 0 Å². The zero-order chi connectivity index (χ0) is 27.0. The summed E-state index contributed by atoms with van der Waals surface area (Å²) in [7, 11) is 0. The van der Waals surface area contributed by atoms with Crippen molar-refractivity contribution in [3.63, 3.8) is 0 Å². The number of benzene rings is 2. The summed E-state index contributed by atoms with van der Waals surface area (Å²) in [4.78, 5) is 25.9. The summed E-state index contributed by atoms with van der Waals surface area (Å²) in [6, 6.07) is 3.91. The smallest absolute Gasteiger partial charge is 0.476 e. The van der Waals surface area contributed by atoms with Gasteiger partial charge in [-0.15, -0.1) is 13.2 Å². The summed E-state index contributed by atoms with van der Waals surface area (Å²) >= 11 is 0. The summed E-state index contributed by atoms with van der Waals surface area (Å²) in [6.45, 7) is 3.02. The maximum absolute atomic E-state index is 15.3. The maximum Gasteiger partial charge on any atom is 0.573 e. The van der Waals surface area contributed by atoms with Crippen LogP contribution in [0.3, 0.4) is 0 Å². The van der Waals surface area contributed by atoms with Gasteiger partial charge in [-0.05, 0) is 50.1 Å². The van der Waals surface area contributed by atoms with Gasteiger partial charge in [0.25, 0.3) is 5.91 Å². The van der Waals surface area contributed by atoms with Crippen molar-refractivity contribution < 1.29 is 49.8 Å². The molecular weight excluding hydrogens is 501 g/mol. The predicted molar refractivity (Wildman–Crippen MR) is 114 cm³/mol. The lowest BCUT2D eigenvalue weighted by Gasteiger charge is -2.34. The van der Waals surface area contributed by atoms with E-state index in [1.54, 1.807) is 0 Å². The molecule has 3 rings (SSSR count). The molecule has 1 aliphatic heterocycles. The fourth-order valence-electron chi connectivity index (χ4n) is 3.50. The number of amides is 2. The summed E-state index contributed by atoms with van der Waals surface area (Å²) in [5, 5.41) is 2.24. The monoisotopic (exact) mass is 522 g/mol. The van der Waals surface area contributed by atoms with Crippen molar-refractivity contribution in [1.82, 2.24) is 0 Å². The molecule has 0 radical (unpaired) electrons. The fourth-order valence-corrected chi connectivity index (χ4v) is 3.50. The highest BCUT2D eigenvalue weighted by molar-refractivity contribution is 6.01. The second-order valence-electron chi connectivity index (χ2n) is 8.35. The molecule has 36 heavy (non-hydrogen) atoms. The Labute approximate surface area is 201 Å². The molecular formula is C23H21F7N2O4. The van der Waals surface area contributed by atoms with E-state index in [2.05, 4.69) is 10.1 Å². The van der Waals surface area contributed by atoms with E-state index < -0.39 is 66.2 Å². The summed E-state index contributed by atoms with van der Waals surface area (Å²) in [6.07, 6.45) is -7.61. The lowest BCUT2D eigenvalue weighted by Crippen LogP contribution is -2.44. The van der Waals surface area contributed by atoms with Gasteiger partial charge in [0.2, 0.25) is 11.8 Å². The Kier molecular flexibility index (Phi) is 7.42. The Morgan fingerprint density at radius 3 is 2.42 bits per heavy atom. The van der Waals surface area contributed by atoms with Gasteiger partial charge in [0.15, 0.2) is 29.2 Å². The topological polar surface area (TPSA) is 67.9 Å². The minimum absolute atomic E-state index is 0.0674. The van der Waals surface area contributed by atoms with Crippen LogP contribution in [0.15, 0.2) is 24.3 Å². The number of rotatable bonds is 7. The first-order valence-electron chi connectivity index (χ1n) is 10.6. The van der Waals surface area contributed by atoms with Gasteiger partial charge in [0.1, 0.15) is 0 Å². The molecule has 0 spiro atoms. The number of carbonyl (C=O) groups excluding carboxylic acids is 2. The van der Waals surface area contributed by atoms with Crippen LogP contribution < -0.4 is 19.7 Å². The van der Waals surface area contributed by atoms with Crippen LogP contribution in [0.2, 0.25) is 0 Å². The third-order valence-corrected chi connectivity index (χ3v) is 5.22. The summed E-state index contributed by atoms with van der Waals surface area (Å²) in [5.74, 6) is -8.43. The Morgan fingerprint density at radius 1 is 1.17 bits per heavy atom. The molecule has 1 N–H and O–H groups in total. The molecule has 0 saturated heterocycles. The number of nitrogens with zero attached hydrogens (tertiary/aromatic N) is 1. The molecule has 1 aliphatic rings. The van der Waals surface area contributed by atoms with Gasteiger partial charge in [0.05, 0.1) is 17.9 Å². The molecule has 0 bridgehead atoms. The maximum atomic E-state index is 15.3. The number of aryl methyl sites for hydroxylation is 1. The zero-order valence-electron chi connectivity index (χ0n) is 19.2. The highest BCUT2D eigenvalue weighted by Gasteiger charge is 2.36. The van der Waals surface area contributed by atoms with Gasteiger partial charge >= 0.3 is 6.36 Å². The van der Waals surface area contributed by atoms with Crippen molar-refractivity contribution in [3.05, 3.63) is 47.0 Å². The quantitative estimate of drug-likeness (QED) is 0.463. The van der Waals surface area contributed by atoms with Crippen LogP contribution in [0.4, 0.5) is 42.1 Å². The van der Waals surface area contributed by atoms with Crippen molar-refractivity contribution in [3.8, 4) is 11.5 Å². The van der Waals surface area contributed by atoms with Crippen molar-refractivity contribution in [2.45, 2.75) is 58.5 Å². The molecule has 1 heterocycles. The Bertz CT molecular complexity index is 1180. The lowest BCUT2D eigenvalue weighted by atomic mass is 10.1. The molecule has 1 atom stereocenters. The van der Waals surface area contributed by atoms with Crippen LogP contribution in [-0.4, -0.2) is 30.2 Å². The van der Waals surface area contributed by atoms with Crippen molar-refractivity contribution in [2.75, 3.05) is 10.2 Å². The second-order valence-corrected chi connectivity index (χ2v) is 8.35. The van der Waals surface area contributed by atoms with Gasteiger partial charge in [-0.25, -0.2) is 17.6 Å². The predicted octanol–water partition coefficient (Wildman–Crippen LogP) is 5.86. The Morgan fingerprint density at radius 2 is 1.83 bits per heavy atom. The standard InChI is InChI=1S/C23H21F7N2O4/c1-11-8-15-20(18(25)19(11)31-17(33)6-7-22(3,26)27)35-12(2)21(34)32(15)10-13-4-5-16(14(24)9-13)36-23(28,29)30/h4-5,8-9,12H,6-7,10H2,1-3H3,(H,31,33). The molecule has 1 unspecified atom stereocenters. The van der Waals surface area contributed by atoms with Crippen LogP contribution in [-0.2, 0) is 16.1 Å². The van der Waals surface area contributed by atoms with Gasteiger partial charge in [-0.1, -0.05) is 6.07 Å². The van der Waals surface area contributed by atoms with Gasteiger partial charge in [0, 0.05) is 12.8 Å². The van der Waals surface area contributed by atoms with E-state index in [1.807, 2.05) is 0 Å². The zero-order valence-corrected chi connectivity index (χ0v) is 19.2. The van der Waals surface area contributed by atoms with Crippen LogP contribution in [0.1, 0.15) is 37.8 Å². The van der Waals surface area contributed by atoms with E-state index >= 15 is 4.39 Å². The first-order valence-corrected chi connectivity index (χ1v) is 10.6. The van der Waals surface area contributed by atoms with E-state index in [0.29, 0.717) is 6.92 Å². The average molecular weight is 522 g/mol. The minimum Gasteiger partial charge on any atom is -0.476 e. The third kappa shape index (κ3) is 6.38. The molecule has 6 nitrogen and oxygen atoms in total. The molecule has 2 aromatic carbocycles. The van der Waals surface area contributed by atoms with Crippen LogP contribution in [0.5, 0.6) is 11.5 Å². The van der Waals surface area contributed by atoms with E-state index in [1.165, 1.54) is 19.9 Å². The highest BCUT2D eigenvalue weighted by Crippen LogP contribution is 2.42. The van der Waals surface area contributed by atoms with Crippen LogP contribution in [0.25, 0.3) is 0 Å². The molecule has 0 fully saturated rings. The number of hydrogen-bond acceptors (Lipinski definition) is 4. The van der Waals surface area contributed by atoms with Crippen molar-refractivity contribution in [2.24, 2.45) is 0 Å². The molecule has 2 amide bonds. The molecule has 0 saturated carbocycles. The fraction of sp³-hybridized carbons (Fsp3) is 0.391. The lowest BCUT2D eigenvalue weighted by molar-refractivity contribution is -0.275. The normalized spacial score (nSPS) is 15.9. The molecule has 196 valence electrons.